The molecule has 192 valence electrons. The first kappa shape index (κ1) is 23.9. The minimum absolute atomic E-state index is 0.00332. The number of H-pyrrole nitrogens is 1. The number of ether oxygens (including phenoxy) is 1. The highest BCUT2D eigenvalue weighted by Crippen LogP contribution is 2.43. The van der Waals surface area contributed by atoms with Gasteiger partial charge in [-0.25, -0.2) is 19.3 Å². The molecule has 2 aliphatic heterocycles. The molecule has 0 spiro atoms. The summed E-state index contributed by atoms with van der Waals surface area (Å²) in [6, 6.07) is 7.12. The van der Waals surface area contributed by atoms with E-state index >= 15 is 4.39 Å². The van der Waals surface area contributed by atoms with Gasteiger partial charge in [0.1, 0.15) is 11.9 Å². The van der Waals surface area contributed by atoms with Crippen molar-refractivity contribution in [3.63, 3.8) is 0 Å². The van der Waals surface area contributed by atoms with Crippen molar-refractivity contribution in [2.24, 2.45) is 0 Å². The van der Waals surface area contributed by atoms with Gasteiger partial charge in [-0.05, 0) is 68.7 Å². The summed E-state index contributed by atoms with van der Waals surface area (Å²) in [6.07, 6.45) is 9.55. The maximum atomic E-state index is 15.1. The number of nitrogens with zero attached hydrogens (tertiary/aromatic N) is 3. The molecule has 2 amide bonds. The topological polar surface area (TPSA) is 100 Å². The third kappa shape index (κ3) is 4.68. The van der Waals surface area contributed by atoms with E-state index in [1.807, 2.05) is 6.07 Å². The molecule has 1 saturated heterocycles. The number of carbonyl (C=O) groups excluding carboxylic acids is 1. The van der Waals surface area contributed by atoms with Gasteiger partial charge in [-0.3, -0.25) is 4.79 Å². The Balaban J connectivity index is 1.18. The van der Waals surface area contributed by atoms with Crippen LogP contribution < -0.4 is 15.6 Å². The molecular weight excluding hydrogens is 497 g/mol. The van der Waals surface area contributed by atoms with Crippen LogP contribution in [0.5, 0.6) is 5.88 Å². The molecule has 6 rings (SSSR count). The number of pyridine rings is 1. The Kier molecular flexibility index (Phi) is 6.32. The quantitative estimate of drug-likeness (QED) is 0.461. The molecule has 3 aliphatic rings. The first-order valence-electron chi connectivity index (χ1n) is 12.8. The van der Waals surface area contributed by atoms with Gasteiger partial charge in [0.05, 0.1) is 22.4 Å². The van der Waals surface area contributed by atoms with E-state index < -0.39 is 11.8 Å². The van der Waals surface area contributed by atoms with Crippen LogP contribution in [0.3, 0.4) is 0 Å². The van der Waals surface area contributed by atoms with Crippen LogP contribution in [0.25, 0.3) is 11.1 Å². The smallest absolute Gasteiger partial charge is 0.322 e. The number of anilines is 1. The fourth-order valence-electron chi connectivity index (χ4n) is 5.82. The Bertz CT molecular complexity index is 1390. The number of carbonyl (C=O) groups is 1. The number of aromatic nitrogens is 3. The lowest BCUT2D eigenvalue weighted by atomic mass is 9.98. The number of amides is 2. The molecule has 2 bridgehead atoms. The molecule has 0 unspecified atom stereocenters. The van der Waals surface area contributed by atoms with Crippen LogP contribution >= 0.6 is 11.6 Å². The molecule has 2 N–H and O–H groups in total. The van der Waals surface area contributed by atoms with Crippen LogP contribution in [0.2, 0.25) is 5.02 Å². The minimum atomic E-state index is -0.595. The molecule has 2 fully saturated rings. The van der Waals surface area contributed by atoms with Gasteiger partial charge >= 0.3 is 6.03 Å². The van der Waals surface area contributed by atoms with Gasteiger partial charge in [0.25, 0.3) is 5.56 Å². The highest BCUT2D eigenvalue weighted by molar-refractivity contribution is 6.33. The van der Waals surface area contributed by atoms with Crippen LogP contribution in [-0.4, -0.2) is 38.3 Å². The predicted molar refractivity (Wildman–Crippen MR) is 137 cm³/mol. The van der Waals surface area contributed by atoms with Crippen molar-refractivity contribution in [2.75, 3.05) is 5.32 Å². The molecule has 0 radical (unpaired) electrons. The van der Waals surface area contributed by atoms with Crippen LogP contribution in [0.15, 0.2) is 41.3 Å². The number of halogens is 2. The van der Waals surface area contributed by atoms with Crippen molar-refractivity contribution >= 4 is 23.3 Å². The van der Waals surface area contributed by atoms with Gasteiger partial charge in [0, 0.05) is 35.5 Å². The third-order valence-electron chi connectivity index (χ3n) is 7.61. The summed E-state index contributed by atoms with van der Waals surface area (Å²) in [7, 11) is 0. The number of benzene rings is 1. The summed E-state index contributed by atoms with van der Waals surface area (Å²) in [5.74, 6) is -0.0464. The highest BCUT2D eigenvalue weighted by Gasteiger charge is 2.44. The van der Waals surface area contributed by atoms with E-state index in [-0.39, 0.29) is 29.4 Å². The second-order valence-corrected chi connectivity index (χ2v) is 10.4. The van der Waals surface area contributed by atoms with E-state index in [9.17, 15) is 9.59 Å². The zero-order valence-electron chi connectivity index (χ0n) is 20.2. The molecule has 37 heavy (non-hydrogen) atoms. The normalized spacial score (nSPS) is 21.0. The molecule has 4 heterocycles. The van der Waals surface area contributed by atoms with Gasteiger partial charge in [0.15, 0.2) is 0 Å². The van der Waals surface area contributed by atoms with Gasteiger partial charge < -0.3 is 15.0 Å². The summed E-state index contributed by atoms with van der Waals surface area (Å²) < 4.78 is 21.1. The Morgan fingerprint density at radius 2 is 1.97 bits per heavy atom. The fourth-order valence-corrected chi connectivity index (χ4v) is 6.10. The van der Waals surface area contributed by atoms with Gasteiger partial charge in [-0.2, -0.15) is 5.10 Å². The average molecular weight is 524 g/mol. The SMILES string of the molecule is O=C(Nc1cc(Cl)c(-c2ccc(OC3CCCCC3)nc2)cc1F)N1[C@H]2CC[C@@H]1c1n[nH]c(=O)cc1C2. The highest BCUT2D eigenvalue weighted by atomic mass is 35.5. The minimum Gasteiger partial charge on any atom is -0.474 e. The molecule has 2 aromatic heterocycles. The monoisotopic (exact) mass is 523 g/mol. The number of rotatable bonds is 4. The van der Waals surface area contributed by atoms with E-state index in [0.29, 0.717) is 34.1 Å². The summed E-state index contributed by atoms with van der Waals surface area (Å²) in [5, 5.41) is 9.63. The maximum Gasteiger partial charge on any atom is 0.322 e. The molecule has 3 aromatic rings. The van der Waals surface area contributed by atoms with Crippen LogP contribution in [0, 0.1) is 5.82 Å². The second-order valence-electron chi connectivity index (χ2n) is 10.0. The molecule has 8 nitrogen and oxygen atoms in total. The Labute approximate surface area is 218 Å². The average Bonchev–Trinajstić information content (AvgIpc) is 3.22. The largest absolute Gasteiger partial charge is 0.474 e. The first-order chi connectivity index (χ1) is 18.0. The lowest BCUT2D eigenvalue weighted by Gasteiger charge is -2.35. The molecule has 1 saturated carbocycles. The number of aromatic amines is 1. The van der Waals surface area contributed by atoms with Crippen molar-refractivity contribution in [1.29, 1.82) is 0 Å². The van der Waals surface area contributed by atoms with Crippen molar-refractivity contribution < 1.29 is 13.9 Å². The van der Waals surface area contributed by atoms with E-state index in [1.165, 1.54) is 31.4 Å². The van der Waals surface area contributed by atoms with Gasteiger partial charge in [-0.1, -0.05) is 18.0 Å². The number of nitrogens with one attached hydrogen (secondary N) is 2. The molecule has 1 aliphatic carbocycles. The lowest BCUT2D eigenvalue weighted by Crippen LogP contribution is -2.45. The summed E-state index contributed by atoms with van der Waals surface area (Å²) in [6.45, 7) is 0. The van der Waals surface area contributed by atoms with Gasteiger partial charge in [-0.15, -0.1) is 0 Å². The van der Waals surface area contributed by atoms with Crippen LogP contribution in [0.1, 0.15) is 62.2 Å². The van der Waals surface area contributed by atoms with Crippen LogP contribution in [0.4, 0.5) is 14.9 Å². The van der Waals surface area contributed by atoms with Gasteiger partial charge in [0.2, 0.25) is 5.88 Å². The standard InChI is InChI=1S/C27H27ClFN5O3/c28-20-13-22(31-27(36)34-17-7-8-23(34)26-16(10-17)11-24(35)32-33-26)21(29)12-19(20)15-6-9-25(30-14-15)37-18-4-2-1-3-5-18/h6,9,11-14,17-18,23H,1-5,7-8,10H2,(H,31,36)(H,32,35)/t17-,23+/m0/s1. The predicted octanol–water partition coefficient (Wildman–Crippen LogP) is 5.63. The number of fused-ring (bicyclic) bond motifs is 4. The molecule has 1 aromatic carbocycles. The molecular formula is C27H27ClFN5O3. The number of urea groups is 1. The Hall–Kier alpha value is -3.46. The van der Waals surface area contributed by atoms with Crippen molar-refractivity contribution in [3.8, 4) is 17.0 Å². The number of hydrogen-bond acceptors (Lipinski definition) is 5. The van der Waals surface area contributed by atoms with E-state index in [2.05, 4.69) is 20.5 Å². The molecule has 2 atom stereocenters. The Morgan fingerprint density at radius 3 is 2.76 bits per heavy atom. The maximum absolute atomic E-state index is 15.1. The summed E-state index contributed by atoms with van der Waals surface area (Å²) in [5.41, 5.74) is 2.44. The van der Waals surface area contributed by atoms with Crippen molar-refractivity contribution in [2.45, 2.75) is 69.6 Å². The first-order valence-corrected chi connectivity index (χ1v) is 13.1. The zero-order valence-corrected chi connectivity index (χ0v) is 20.9. The van der Waals surface area contributed by atoms with E-state index in [4.69, 9.17) is 16.3 Å². The van der Waals surface area contributed by atoms with E-state index in [1.54, 1.807) is 23.2 Å². The van der Waals surface area contributed by atoms with Crippen LogP contribution in [-0.2, 0) is 6.42 Å². The number of hydrogen-bond donors (Lipinski definition) is 2. The molecule has 10 heteroatoms. The lowest BCUT2D eigenvalue weighted by molar-refractivity contribution is 0.148. The van der Waals surface area contributed by atoms with E-state index in [0.717, 1.165) is 31.2 Å². The van der Waals surface area contributed by atoms with Crippen molar-refractivity contribution in [1.82, 2.24) is 20.1 Å². The summed E-state index contributed by atoms with van der Waals surface area (Å²) in [4.78, 5) is 30.9. The third-order valence-corrected chi connectivity index (χ3v) is 7.93. The zero-order chi connectivity index (χ0) is 25.5. The fraction of sp³-hybridized carbons (Fsp3) is 0.407. The van der Waals surface area contributed by atoms with Crippen molar-refractivity contribution in [3.05, 3.63) is 69.0 Å². The summed E-state index contributed by atoms with van der Waals surface area (Å²) >= 11 is 6.52. The second kappa shape index (κ2) is 9.78. The Morgan fingerprint density at radius 1 is 1.14 bits per heavy atom.